The van der Waals surface area contributed by atoms with Crippen molar-refractivity contribution in [2.75, 3.05) is 51.5 Å². The summed E-state index contributed by atoms with van der Waals surface area (Å²) in [5, 5.41) is 4.78. The number of hydrogen-bond donors (Lipinski definition) is 1. The molecule has 0 radical (unpaired) electrons. The number of rotatable bonds is 9. The van der Waals surface area contributed by atoms with Gasteiger partial charge in [-0.15, -0.1) is 11.3 Å². The van der Waals surface area contributed by atoms with Gasteiger partial charge in [0.25, 0.3) is 11.8 Å². The summed E-state index contributed by atoms with van der Waals surface area (Å²) in [5.74, 6) is -0.0574. The number of likely N-dealkylation sites (N-methyl/N-ethyl adjacent to an activating group) is 1. The fourth-order valence-electron chi connectivity index (χ4n) is 3.16. The number of furan rings is 1. The molecule has 0 spiro atoms. The quantitative estimate of drug-likeness (QED) is 0.547. The van der Waals surface area contributed by atoms with Gasteiger partial charge >= 0.3 is 0 Å². The lowest BCUT2D eigenvalue weighted by molar-refractivity contribution is 0.0737. The van der Waals surface area contributed by atoms with Gasteiger partial charge in [0.05, 0.1) is 11.1 Å². The molecule has 0 aliphatic carbocycles. The monoisotopic (exact) mass is 440 g/mol. The largest absolute Gasteiger partial charge is 0.459 e. The second-order valence-corrected chi connectivity index (χ2v) is 8.62. The van der Waals surface area contributed by atoms with Gasteiger partial charge in [0.2, 0.25) is 0 Å². The molecule has 1 aromatic carbocycles. The molecule has 0 aliphatic rings. The van der Waals surface area contributed by atoms with E-state index >= 15 is 0 Å². The summed E-state index contributed by atoms with van der Waals surface area (Å²) in [5.41, 5.74) is 2.59. The Morgan fingerprint density at radius 1 is 1.03 bits per heavy atom. The first-order valence-corrected chi connectivity index (χ1v) is 10.9. The van der Waals surface area contributed by atoms with E-state index in [9.17, 15) is 9.59 Å². The summed E-state index contributed by atoms with van der Waals surface area (Å²) in [6, 6.07) is 12.8. The van der Waals surface area contributed by atoms with Gasteiger partial charge in [-0.25, -0.2) is 0 Å². The lowest BCUT2D eigenvalue weighted by Crippen LogP contribution is -2.36. The van der Waals surface area contributed by atoms with E-state index < -0.39 is 0 Å². The fourth-order valence-corrected chi connectivity index (χ4v) is 3.85. The van der Waals surface area contributed by atoms with E-state index in [4.69, 9.17) is 4.42 Å². The van der Waals surface area contributed by atoms with Gasteiger partial charge in [-0.2, -0.15) is 0 Å². The minimum absolute atomic E-state index is 0.00609. The van der Waals surface area contributed by atoms with Crippen LogP contribution in [0.15, 0.2) is 58.5 Å². The molecule has 31 heavy (non-hydrogen) atoms. The minimum Gasteiger partial charge on any atom is -0.459 e. The third-order valence-corrected chi connectivity index (χ3v) is 5.62. The van der Waals surface area contributed by atoms with E-state index in [0.717, 1.165) is 17.8 Å². The van der Waals surface area contributed by atoms with Crippen molar-refractivity contribution in [3.63, 3.8) is 0 Å². The Balaban J connectivity index is 1.87. The van der Waals surface area contributed by atoms with Crippen LogP contribution in [0.1, 0.15) is 25.8 Å². The Morgan fingerprint density at radius 2 is 1.84 bits per heavy atom. The van der Waals surface area contributed by atoms with Crippen LogP contribution in [0.5, 0.6) is 0 Å². The molecule has 0 atom stereocenters. The summed E-state index contributed by atoms with van der Waals surface area (Å²) < 4.78 is 5.17. The summed E-state index contributed by atoms with van der Waals surface area (Å²) >= 11 is 1.44. The molecule has 3 rings (SSSR count). The van der Waals surface area contributed by atoms with Crippen LogP contribution in [0.2, 0.25) is 0 Å². The van der Waals surface area contributed by atoms with Crippen LogP contribution in [0.3, 0.4) is 0 Å². The molecule has 0 unspecified atom stereocenters. The van der Waals surface area contributed by atoms with Crippen molar-refractivity contribution in [1.82, 2.24) is 9.80 Å². The number of hydrogen-bond acceptors (Lipinski definition) is 6. The first-order chi connectivity index (χ1) is 14.8. The Kier molecular flexibility index (Phi) is 7.49. The number of nitrogens with one attached hydrogen (secondary N) is 1. The zero-order valence-corrected chi connectivity index (χ0v) is 19.1. The normalized spacial score (nSPS) is 10.9. The molecule has 0 aliphatic heterocycles. The van der Waals surface area contributed by atoms with Gasteiger partial charge in [0.1, 0.15) is 0 Å². The van der Waals surface area contributed by atoms with E-state index in [1.54, 1.807) is 12.1 Å². The lowest BCUT2D eigenvalue weighted by atomic mass is 10.1. The minimum atomic E-state index is -0.312. The van der Waals surface area contributed by atoms with Gasteiger partial charge in [-0.1, -0.05) is 6.07 Å². The third kappa shape index (κ3) is 5.96. The molecule has 8 heteroatoms. The zero-order chi connectivity index (χ0) is 22.4. The second kappa shape index (κ2) is 10.3. The van der Waals surface area contributed by atoms with Gasteiger partial charge in [-0.05, 0) is 61.4 Å². The first kappa shape index (κ1) is 22.6. The van der Waals surface area contributed by atoms with Crippen molar-refractivity contribution in [2.45, 2.75) is 6.54 Å². The Bertz CT molecular complexity index is 998. The second-order valence-electron chi connectivity index (χ2n) is 7.68. The van der Waals surface area contributed by atoms with E-state index in [0.29, 0.717) is 23.7 Å². The van der Waals surface area contributed by atoms with Crippen molar-refractivity contribution in [2.24, 2.45) is 0 Å². The summed E-state index contributed by atoms with van der Waals surface area (Å²) in [6.07, 6.45) is 1.47. The molecule has 0 bridgehead atoms. The Hall–Kier alpha value is -3.10. The van der Waals surface area contributed by atoms with E-state index in [1.807, 2.05) is 73.7 Å². The van der Waals surface area contributed by atoms with Gasteiger partial charge < -0.3 is 24.4 Å². The number of amides is 2. The number of thiophene rings is 1. The average molecular weight is 441 g/mol. The van der Waals surface area contributed by atoms with Crippen LogP contribution in [0.4, 0.5) is 11.4 Å². The molecule has 0 saturated heterocycles. The maximum atomic E-state index is 13.1. The van der Waals surface area contributed by atoms with Crippen LogP contribution in [-0.2, 0) is 6.54 Å². The molecular formula is C23H28N4O3S. The van der Waals surface area contributed by atoms with E-state index in [-0.39, 0.29) is 17.6 Å². The molecule has 2 heterocycles. The highest BCUT2D eigenvalue weighted by molar-refractivity contribution is 7.12. The van der Waals surface area contributed by atoms with E-state index in [1.165, 1.54) is 17.6 Å². The van der Waals surface area contributed by atoms with Crippen LogP contribution in [0.25, 0.3) is 0 Å². The Labute approximate surface area is 186 Å². The third-order valence-electron chi connectivity index (χ3n) is 4.76. The summed E-state index contributed by atoms with van der Waals surface area (Å²) in [4.78, 5) is 32.2. The van der Waals surface area contributed by atoms with Crippen molar-refractivity contribution in [1.29, 1.82) is 0 Å². The summed E-state index contributed by atoms with van der Waals surface area (Å²) in [6.45, 7) is 1.78. The Morgan fingerprint density at radius 3 is 2.45 bits per heavy atom. The number of nitrogens with zero attached hydrogens (tertiary/aromatic N) is 3. The number of anilines is 2. The van der Waals surface area contributed by atoms with Gasteiger partial charge in [0, 0.05) is 45.1 Å². The van der Waals surface area contributed by atoms with Crippen LogP contribution >= 0.6 is 11.3 Å². The molecule has 2 aromatic heterocycles. The predicted molar refractivity (Wildman–Crippen MR) is 125 cm³/mol. The molecule has 164 valence electrons. The van der Waals surface area contributed by atoms with Crippen molar-refractivity contribution < 1.29 is 14.0 Å². The molecule has 0 fully saturated rings. The van der Waals surface area contributed by atoms with Crippen molar-refractivity contribution in [3.8, 4) is 0 Å². The first-order valence-electron chi connectivity index (χ1n) is 9.97. The standard InChI is InChI=1S/C23H28N4O3S/c1-25(2)11-12-27(23(29)21-8-6-14-31-21)16-17-15-18(9-10-19(17)26(3)4)24-22(28)20-7-5-13-30-20/h5-10,13-15H,11-12,16H2,1-4H3,(H,24,28). The molecule has 7 nitrogen and oxygen atoms in total. The smallest absolute Gasteiger partial charge is 0.291 e. The fraction of sp³-hybridized carbons (Fsp3) is 0.304. The summed E-state index contributed by atoms with van der Waals surface area (Å²) in [7, 11) is 7.91. The highest BCUT2D eigenvalue weighted by Gasteiger charge is 2.20. The SMILES string of the molecule is CN(C)CCN(Cc1cc(NC(=O)c2ccco2)ccc1N(C)C)C(=O)c1cccs1. The number of carbonyl (C=O) groups is 2. The molecule has 1 N–H and O–H groups in total. The highest BCUT2D eigenvalue weighted by Crippen LogP contribution is 2.26. The van der Waals surface area contributed by atoms with Crippen molar-refractivity contribution in [3.05, 3.63) is 70.3 Å². The number of benzene rings is 1. The van der Waals surface area contributed by atoms with Crippen molar-refractivity contribution >= 4 is 34.5 Å². The van der Waals surface area contributed by atoms with Crippen LogP contribution in [-0.4, -0.2) is 62.9 Å². The van der Waals surface area contributed by atoms with Crippen LogP contribution in [0, 0.1) is 0 Å². The highest BCUT2D eigenvalue weighted by atomic mass is 32.1. The zero-order valence-electron chi connectivity index (χ0n) is 18.3. The number of carbonyl (C=O) groups excluding carboxylic acids is 2. The van der Waals surface area contributed by atoms with Gasteiger partial charge in [-0.3, -0.25) is 9.59 Å². The molecule has 3 aromatic rings. The molecular weight excluding hydrogens is 412 g/mol. The molecule has 0 saturated carbocycles. The molecule has 2 amide bonds. The average Bonchev–Trinajstić information content (AvgIpc) is 3.44. The van der Waals surface area contributed by atoms with Crippen LogP contribution < -0.4 is 10.2 Å². The maximum absolute atomic E-state index is 13.1. The topological polar surface area (TPSA) is 69.0 Å². The maximum Gasteiger partial charge on any atom is 0.291 e. The van der Waals surface area contributed by atoms with Gasteiger partial charge in [0.15, 0.2) is 5.76 Å². The van der Waals surface area contributed by atoms with E-state index in [2.05, 4.69) is 10.2 Å². The lowest BCUT2D eigenvalue weighted by Gasteiger charge is -2.27. The predicted octanol–water partition coefficient (Wildman–Crippen LogP) is 3.86.